The van der Waals surface area contributed by atoms with E-state index in [2.05, 4.69) is 10.3 Å². The minimum absolute atomic E-state index is 0.0232. The third kappa shape index (κ3) is 1.33. The number of nitrogens with zero attached hydrogens (tertiary/aromatic N) is 3. The number of imidazole rings is 1. The number of nitrogens with one attached hydrogen (secondary N) is 1. The molecule has 0 saturated heterocycles. The molecule has 1 aliphatic rings. The van der Waals surface area contributed by atoms with Crippen LogP contribution in [0.2, 0.25) is 0 Å². The molecule has 94 valence electrons. The fraction of sp³-hybridized carbons (Fsp3) is 0.385. The van der Waals surface area contributed by atoms with Gasteiger partial charge in [-0.25, -0.2) is 14.3 Å². The van der Waals surface area contributed by atoms with E-state index in [0.717, 1.165) is 11.0 Å². The normalized spacial score (nSPS) is 17.7. The van der Waals surface area contributed by atoms with Crippen molar-refractivity contribution in [2.45, 2.75) is 26.4 Å². The van der Waals surface area contributed by atoms with E-state index in [-0.39, 0.29) is 6.03 Å². The van der Waals surface area contributed by atoms with Crippen LogP contribution in [0, 0.1) is 0 Å². The number of rotatable bonds is 1. The lowest BCUT2D eigenvalue weighted by molar-refractivity contribution is 0.148. The number of hydrogen-bond acceptors (Lipinski definition) is 3. The number of fused-ring (bicyclic) bond motifs is 3. The molecule has 3 rings (SSSR count). The van der Waals surface area contributed by atoms with Crippen molar-refractivity contribution in [3.8, 4) is 0 Å². The molecule has 1 N–H and O–H groups in total. The van der Waals surface area contributed by atoms with Crippen LogP contribution in [0.25, 0.3) is 11.0 Å². The number of benzene rings is 1. The first-order chi connectivity index (χ1) is 8.54. The summed E-state index contributed by atoms with van der Waals surface area (Å²) in [5.41, 5.74) is 1.27. The third-order valence-corrected chi connectivity index (χ3v) is 3.39. The highest BCUT2D eigenvalue weighted by Gasteiger charge is 2.38. The molecule has 1 amide bonds. The van der Waals surface area contributed by atoms with E-state index in [1.54, 1.807) is 9.47 Å². The largest absolute Gasteiger partial charge is 0.333 e. The van der Waals surface area contributed by atoms with Crippen LogP contribution in [0.15, 0.2) is 24.3 Å². The minimum Gasteiger partial charge on any atom is -0.333 e. The lowest BCUT2D eigenvalue weighted by atomic mass is 10.2. The predicted octanol–water partition coefficient (Wildman–Crippen LogP) is 2.49. The van der Waals surface area contributed by atoms with E-state index < -0.39 is 5.66 Å². The Morgan fingerprint density at radius 2 is 2.06 bits per heavy atom. The molecule has 18 heavy (non-hydrogen) atoms. The maximum atomic E-state index is 12.5. The van der Waals surface area contributed by atoms with Crippen LogP contribution in [0.1, 0.15) is 20.8 Å². The monoisotopic (exact) mass is 244 g/mol. The van der Waals surface area contributed by atoms with Gasteiger partial charge in [0, 0.05) is 6.54 Å². The summed E-state index contributed by atoms with van der Waals surface area (Å²) < 4.78 is 1.64. The highest BCUT2D eigenvalue weighted by atomic mass is 16.2. The van der Waals surface area contributed by atoms with E-state index in [1.807, 2.05) is 45.0 Å². The smallest absolute Gasteiger partial charge is 0.333 e. The second-order valence-electron chi connectivity index (χ2n) is 4.97. The summed E-state index contributed by atoms with van der Waals surface area (Å²) in [5.74, 6) is 0.621. The van der Waals surface area contributed by atoms with E-state index >= 15 is 0 Å². The molecule has 0 unspecified atom stereocenters. The van der Waals surface area contributed by atoms with Crippen LogP contribution in [0.5, 0.6) is 0 Å². The van der Waals surface area contributed by atoms with Crippen molar-refractivity contribution in [3.05, 3.63) is 24.3 Å². The Morgan fingerprint density at radius 3 is 2.78 bits per heavy atom. The SMILES string of the molecule is CCN1C(=O)n2c(nc3ccccc32)NC1(C)C. The molecule has 2 heterocycles. The molecule has 0 spiro atoms. The minimum atomic E-state index is -0.413. The first-order valence-electron chi connectivity index (χ1n) is 6.12. The van der Waals surface area contributed by atoms with E-state index in [4.69, 9.17) is 0 Å². The Hall–Kier alpha value is -2.04. The zero-order valence-electron chi connectivity index (χ0n) is 10.8. The van der Waals surface area contributed by atoms with Crippen LogP contribution < -0.4 is 5.32 Å². The summed E-state index contributed by atoms with van der Waals surface area (Å²) in [6.07, 6.45) is 0. The molecule has 1 aliphatic heterocycles. The van der Waals surface area contributed by atoms with Crippen molar-refractivity contribution in [2.24, 2.45) is 0 Å². The molecule has 0 aliphatic carbocycles. The molecule has 2 aromatic rings. The molecular weight excluding hydrogens is 228 g/mol. The van der Waals surface area contributed by atoms with Crippen molar-refractivity contribution in [1.82, 2.24) is 14.5 Å². The molecule has 1 aromatic carbocycles. The number of aromatic nitrogens is 2. The van der Waals surface area contributed by atoms with Crippen LogP contribution in [-0.2, 0) is 0 Å². The fourth-order valence-corrected chi connectivity index (χ4v) is 2.53. The summed E-state index contributed by atoms with van der Waals surface area (Å²) in [4.78, 5) is 18.8. The number of carbonyl (C=O) groups is 1. The molecule has 0 saturated carbocycles. The average molecular weight is 244 g/mol. The predicted molar refractivity (Wildman–Crippen MR) is 70.6 cm³/mol. The summed E-state index contributed by atoms with van der Waals surface area (Å²) >= 11 is 0. The second kappa shape index (κ2) is 3.48. The number of amides is 1. The molecular formula is C13H16N4O. The van der Waals surface area contributed by atoms with Gasteiger partial charge in [0.2, 0.25) is 5.95 Å². The van der Waals surface area contributed by atoms with Crippen LogP contribution >= 0.6 is 0 Å². The summed E-state index contributed by atoms with van der Waals surface area (Å²) in [5, 5.41) is 3.31. The van der Waals surface area contributed by atoms with Crippen LogP contribution in [0.3, 0.4) is 0 Å². The van der Waals surface area contributed by atoms with Gasteiger partial charge in [-0.2, -0.15) is 0 Å². The second-order valence-corrected chi connectivity index (χ2v) is 4.97. The molecule has 5 heteroatoms. The lowest BCUT2D eigenvalue weighted by Crippen LogP contribution is -2.58. The summed E-state index contributed by atoms with van der Waals surface area (Å²) in [6.45, 7) is 6.60. The lowest BCUT2D eigenvalue weighted by Gasteiger charge is -2.42. The molecule has 0 radical (unpaired) electrons. The number of para-hydroxylation sites is 2. The number of anilines is 1. The van der Waals surface area contributed by atoms with Crippen molar-refractivity contribution in [1.29, 1.82) is 0 Å². The summed E-state index contributed by atoms with van der Waals surface area (Å²) in [6, 6.07) is 7.65. The maximum absolute atomic E-state index is 12.5. The van der Waals surface area contributed by atoms with Gasteiger partial charge < -0.3 is 10.2 Å². The molecule has 0 fully saturated rings. The van der Waals surface area contributed by atoms with E-state index in [0.29, 0.717) is 12.5 Å². The topological polar surface area (TPSA) is 50.2 Å². The summed E-state index contributed by atoms with van der Waals surface area (Å²) in [7, 11) is 0. The Kier molecular flexibility index (Phi) is 2.14. The van der Waals surface area contributed by atoms with Gasteiger partial charge in [-0.1, -0.05) is 12.1 Å². The zero-order chi connectivity index (χ0) is 12.9. The quantitative estimate of drug-likeness (QED) is 0.838. The van der Waals surface area contributed by atoms with E-state index in [1.165, 1.54) is 0 Å². The van der Waals surface area contributed by atoms with Crippen molar-refractivity contribution in [3.63, 3.8) is 0 Å². The van der Waals surface area contributed by atoms with Gasteiger partial charge in [0.25, 0.3) is 0 Å². The van der Waals surface area contributed by atoms with Crippen LogP contribution in [0.4, 0.5) is 10.7 Å². The number of hydrogen-bond donors (Lipinski definition) is 1. The third-order valence-electron chi connectivity index (χ3n) is 3.39. The first kappa shape index (κ1) is 11.1. The molecule has 0 bridgehead atoms. The van der Waals surface area contributed by atoms with Crippen molar-refractivity contribution >= 4 is 23.0 Å². The maximum Gasteiger partial charge on any atom is 0.333 e. The molecule has 5 nitrogen and oxygen atoms in total. The number of carbonyl (C=O) groups excluding carboxylic acids is 1. The first-order valence-corrected chi connectivity index (χ1v) is 6.12. The Balaban J connectivity index is 2.26. The van der Waals surface area contributed by atoms with Gasteiger partial charge in [-0.15, -0.1) is 0 Å². The highest BCUT2D eigenvalue weighted by molar-refractivity contribution is 5.94. The van der Waals surface area contributed by atoms with Gasteiger partial charge in [0.1, 0.15) is 5.66 Å². The fourth-order valence-electron chi connectivity index (χ4n) is 2.53. The molecule has 1 aromatic heterocycles. The van der Waals surface area contributed by atoms with Gasteiger partial charge in [0.05, 0.1) is 11.0 Å². The Bertz CT molecular complexity index is 629. The highest BCUT2D eigenvalue weighted by Crippen LogP contribution is 2.29. The van der Waals surface area contributed by atoms with Gasteiger partial charge in [-0.05, 0) is 32.9 Å². The van der Waals surface area contributed by atoms with Crippen LogP contribution in [-0.4, -0.2) is 32.7 Å². The average Bonchev–Trinajstić information content (AvgIpc) is 2.65. The van der Waals surface area contributed by atoms with Crippen molar-refractivity contribution < 1.29 is 4.79 Å². The molecule has 0 atom stereocenters. The zero-order valence-corrected chi connectivity index (χ0v) is 10.8. The van der Waals surface area contributed by atoms with E-state index in [9.17, 15) is 4.79 Å². The standard InChI is InChI=1S/C13H16N4O/c1-4-16-12(18)17-10-8-6-5-7-9(10)14-11(17)15-13(16,2)3/h5-8H,4H2,1-3H3,(H,14,15). The van der Waals surface area contributed by atoms with Crippen molar-refractivity contribution in [2.75, 3.05) is 11.9 Å². The van der Waals surface area contributed by atoms with Gasteiger partial charge in [0.15, 0.2) is 0 Å². The van der Waals surface area contributed by atoms with Gasteiger partial charge >= 0.3 is 6.03 Å². The van der Waals surface area contributed by atoms with Gasteiger partial charge in [-0.3, -0.25) is 0 Å². The Morgan fingerprint density at radius 1 is 1.33 bits per heavy atom. The Labute approximate surface area is 105 Å².